The Morgan fingerprint density at radius 1 is 1.15 bits per heavy atom. The second kappa shape index (κ2) is 6.35. The van der Waals surface area contributed by atoms with Crippen LogP contribution in [0.5, 0.6) is 0 Å². The average molecular weight is 329 g/mol. The van der Waals surface area contributed by atoms with E-state index in [4.69, 9.17) is 40.5 Å². The van der Waals surface area contributed by atoms with Crippen LogP contribution in [0.25, 0.3) is 0 Å². The molecule has 3 nitrogen and oxygen atoms in total. The van der Waals surface area contributed by atoms with E-state index in [1.165, 1.54) is 0 Å². The third-order valence-electron chi connectivity index (χ3n) is 2.70. The second-order valence-electron chi connectivity index (χ2n) is 4.14. The summed E-state index contributed by atoms with van der Waals surface area (Å²) in [5, 5.41) is 5.74. The molecule has 0 fully saturated rings. The van der Waals surface area contributed by atoms with Gasteiger partial charge in [0.2, 0.25) is 0 Å². The lowest BCUT2D eigenvalue weighted by molar-refractivity contribution is 1.32. The first-order valence-electron chi connectivity index (χ1n) is 5.78. The fourth-order valence-electron chi connectivity index (χ4n) is 1.64. The van der Waals surface area contributed by atoms with Crippen molar-refractivity contribution in [2.24, 2.45) is 5.10 Å². The molecule has 20 heavy (non-hydrogen) atoms. The number of nitrogens with two attached hydrogens (primary N) is 1. The van der Waals surface area contributed by atoms with E-state index >= 15 is 0 Å². The number of anilines is 2. The molecule has 3 N–H and O–H groups in total. The summed E-state index contributed by atoms with van der Waals surface area (Å²) in [6, 6.07) is 10.5. The molecule has 0 amide bonds. The number of benzene rings is 2. The lowest BCUT2D eigenvalue weighted by Gasteiger charge is -2.08. The molecular weight excluding hydrogens is 317 g/mol. The zero-order valence-electron chi connectivity index (χ0n) is 10.6. The minimum Gasteiger partial charge on any atom is -0.398 e. The SMILES string of the molecule is C/C(=N\Nc1cccc(Cl)c1Cl)c1cc(Cl)ccc1N. The standard InChI is InChI=1S/C14H12Cl3N3/c1-8(10-7-9(15)5-6-12(10)18)19-20-13-4-2-3-11(16)14(13)17/h2-7,20H,18H2,1H3/b19-8+. The van der Waals surface area contributed by atoms with Gasteiger partial charge in [-0.2, -0.15) is 5.10 Å². The molecule has 0 spiro atoms. The highest BCUT2D eigenvalue weighted by atomic mass is 35.5. The van der Waals surface area contributed by atoms with Crippen molar-refractivity contribution in [1.29, 1.82) is 0 Å². The molecule has 0 aliphatic heterocycles. The Bertz CT molecular complexity index is 669. The Morgan fingerprint density at radius 3 is 2.65 bits per heavy atom. The van der Waals surface area contributed by atoms with Gasteiger partial charge in [-0.25, -0.2) is 0 Å². The van der Waals surface area contributed by atoms with Crippen LogP contribution in [0.3, 0.4) is 0 Å². The van der Waals surface area contributed by atoms with E-state index in [1.807, 2.05) is 6.92 Å². The van der Waals surface area contributed by atoms with Gasteiger partial charge in [-0.15, -0.1) is 0 Å². The average Bonchev–Trinajstić information content (AvgIpc) is 2.43. The van der Waals surface area contributed by atoms with E-state index < -0.39 is 0 Å². The number of hydrazone groups is 1. The molecule has 0 aliphatic rings. The minimum absolute atomic E-state index is 0.421. The van der Waals surface area contributed by atoms with Crippen LogP contribution in [0, 0.1) is 0 Å². The summed E-state index contributed by atoms with van der Waals surface area (Å²) in [5.41, 5.74) is 11.5. The monoisotopic (exact) mass is 327 g/mol. The summed E-state index contributed by atoms with van der Waals surface area (Å²) < 4.78 is 0. The summed E-state index contributed by atoms with van der Waals surface area (Å²) in [4.78, 5) is 0. The molecule has 6 heteroatoms. The van der Waals surface area contributed by atoms with Gasteiger partial charge < -0.3 is 5.73 Å². The van der Waals surface area contributed by atoms with Gasteiger partial charge in [-0.05, 0) is 37.3 Å². The second-order valence-corrected chi connectivity index (χ2v) is 5.36. The molecule has 2 aromatic rings. The van der Waals surface area contributed by atoms with E-state index in [2.05, 4.69) is 10.5 Å². The topological polar surface area (TPSA) is 50.4 Å². The van der Waals surface area contributed by atoms with Crippen LogP contribution in [0.15, 0.2) is 41.5 Å². The van der Waals surface area contributed by atoms with E-state index in [1.54, 1.807) is 36.4 Å². The lowest BCUT2D eigenvalue weighted by Crippen LogP contribution is -2.04. The van der Waals surface area contributed by atoms with Crippen molar-refractivity contribution in [3.8, 4) is 0 Å². The number of hydrogen-bond acceptors (Lipinski definition) is 3. The van der Waals surface area contributed by atoms with Gasteiger partial charge in [0.25, 0.3) is 0 Å². The fourth-order valence-corrected chi connectivity index (χ4v) is 2.15. The zero-order valence-corrected chi connectivity index (χ0v) is 12.9. The highest BCUT2D eigenvalue weighted by molar-refractivity contribution is 6.43. The lowest BCUT2D eigenvalue weighted by atomic mass is 10.1. The number of halogens is 3. The Kier molecular flexibility index (Phi) is 4.76. The van der Waals surface area contributed by atoms with E-state index in [9.17, 15) is 0 Å². The maximum atomic E-state index is 6.07. The van der Waals surface area contributed by atoms with Gasteiger partial charge in [-0.3, -0.25) is 5.43 Å². The smallest absolute Gasteiger partial charge is 0.0842 e. The van der Waals surface area contributed by atoms with E-state index in [-0.39, 0.29) is 0 Å². The molecule has 2 rings (SSSR count). The molecule has 0 heterocycles. The van der Waals surface area contributed by atoms with E-state index in [0.29, 0.717) is 32.2 Å². The summed E-state index contributed by atoms with van der Waals surface area (Å²) >= 11 is 18.0. The highest BCUT2D eigenvalue weighted by Crippen LogP contribution is 2.29. The normalized spacial score (nSPS) is 11.5. The predicted molar refractivity (Wildman–Crippen MR) is 88.2 cm³/mol. The van der Waals surface area contributed by atoms with Crippen molar-refractivity contribution < 1.29 is 0 Å². The molecule has 0 saturated carbocycles. The molecule has 0 bridgehead atoms. The molecule has 0 atom stereocenters. The minimum atomic E-state index is 0.421. The molecule has 0 saturated heterocycles. The Labute approximate surface area is 132 Å². The number of rotatable bonds is 3. The maximum absolute atomic E-state index is 6.07. The van der Waals surface area contributed by atoms with Gasteiger partial charge in [0.1, 0.15) is 0 Å². The van der Waals surface area contributed by atoms with Crippen LogP contribution in [0.1, 0.15) is 12.5 Å². The van der Waals surface area contributed by atoms with Gasteiger partial charge in [0.15, 0.2) is 0 Å². The third kappa shape index (κ3) is 3.37. The maximum Gasteiger partial charge on any atom is 0.0842 e. The van der Waals surface area contributed by atoms with Crippen molar-refractivity contribution >= 4 is 51.9 Å². The van der Waals surface area contributed by atoms with Crippen LogP contribution in [0.2, 0.25) is 15.1 Å². The Balaban J connectivity index is 2.27. The number of hydrogen-bond donors (Lipinski definition) is 2. The van der Waals surface area contributed by atoms with Gasteiger partial charge >= 0.3 is 0 Å². The molecule has 0 unspecified atom stereocenters. The van der Waals surface area contributed by atoms with Crippen molar-refractivity contribution in [2.45, 2.75) is 6.92 Å². The largest absolute Gasteiger partial charge is 0.398 e. The van der Waals surface area contributed by atoms with Crippen molar-refractivity contribution in [2.75, 3.05) is 11.2 Å². The molecule has 0 aliphatic carbocycles. The fraction of sp³-hybridized carbons (Fsp3) is 0.0714. The zero-order chi connectivity index (χ0) is 14.7. The van der Waals surface area contributed by atoms with E-state index in [0.717, 1.165) is 5.56 Å². The summed E-state index contributed by atoms with van der Waals surface area (Å²) in [6.07, 6.45) is 0. The quantitative estimate of drug-likeness (QED) is 0.470. The van der Waals surface area contributed by atoms with Crippen LogP contribution < -0.4 is 11.2 Å². The van der Waals surface area contributed by atoms with Crippen LogP contribution in [-0.2, 0) is 0 Å². The van der Waals surface area contributed by atoms with Crippen LogP contribution >= 0.6 is 34.8 Å². The molecule has 0 aromatic heterocycles. The Morgan fingerprint density at radius 2 is 1.90 bits per heavy atom. The first kappa shape index (κ1) is 15.0. The molecule has 0 radical (unpaired) electrons. The summed E-state index contributed by atoms with van der Waals surface area (Å²) in [7, 11) is 0. The number of nitrogens with one attached hydrogen (secondary N) is 1. The van der Waals surface area contributed by atoms with Gasteiger partial charge in [0.05, 0.1) is 21.4 Å². The first-order valence-corrected chi connectivity index (χ1v) is 6.92. The third-order valence-corrected chi connectivity index (χ3v) is 3.75. The molecule has 2 aromatic carbocycles. The van der Waals surface area contributed by atoms with Gasteiger partial charge in [0, 0.05) is 16.3 Å². The molecular formula is C14H12Cl3N3. The van der Waals surface area contributed by atoms with Crippen LogP contribution in [0.4, 0.5) is 11.4 Å². The van der Waals surface area contributed by atoms with Crippen molar-refractivity contribution in [3.05, 3.63) is 57.0 Å². The van der Waals surface area contributed by atoms with Crippen molar-refractivity contribution in [1.82, 2.24) is 0 Å². The van der Waals surface area contributed by atoms with Crippen molar-refractivity contribution in [3.63, 3.8) is 0 Å². The predicted octanol–water partition coefficient (Wildman–Crippen LogP) is 5.07. The number of nitrogen functional groups attached to an aromatic ring is 1. The summed E-state index contributed by atoms with van der Waals surface area (Å²) in [6.45, 7) is 1.83. The van der Waals surface area contributed by atoms with Gasteiger partial charge in [-0.1, -0.05) is 40.9 Å². The number of nitrogens with zero attached hydrogens (tertiary/aromatic N) is 1. The van der Waals surface area contributed by atoms with Crippen LogP contribution in [-0.4, -0.2) is 5.71 Å². The Hall–Kier alpha value is -1.42. The molecule has 104 valence electrons. The first-order chi connectivity index (χ1) is 9.49. The summed E-state index contributed by atoms with van der Waals surface area (Å²) in [5.74, 6) is 0. The highest BCUT2D eigenvalue weighted by Gasteiger charge is 2.06.